The normalized spacial score (nSPS) is 13.6. The summed E-state index contributed by atoms with van der Waals surface area (Å²) in [4.78, 5) is 17.1. The van der Waals surface area contributed by atoms with Crippen LogP contribution in [0.2, 0.25) is 0 Å². The Morgan fingerprint density at radius 2 is 1.75 bits per heavy atom. The lowest BCUT2D eigenvalue weighted by Gasteiger charge is -2.26. The van der Waals surface area contributed by atoms with E-state index >= 15 is 0 Å². The Labute approximate surface area is 236 Å². The minimum absolute atomic E-state index is 0.453. The minimum Gasteiger partial charge on any atom is -0.493 e. The highest BCUT2D eigenvalue weighted by Crippen LogP contribution is 2.35. The van der Waals surface area contributed by atoms with Crippen LogP contribution in [0.4, 0.5) is 11.5 Å². The van der Waals surface area contributed by atoms with Gasteiger partial charge in [-0.1, -0.05) is 55.5 Å². The van der Waals surface area contributed by atoms with Crippen molar-refractivity contribution in [3.05, 3.63) is 90.8 Å². The zero-order chi connectivity index (χ0) is 27.6. The molecule has 8 heteroatoms. The molecule has 0 atom stereocenters. The molecule has 2 N–H and O–H groups in total. The standard InChI is InChI=1S/C32H37N5O3/c1-24(36-40-22-25-10-5-3-6-11-25)26-12-14-27(15-13-26)35-32-28-20-30(38-2)31(21-29(28)33-23-34-32)39-19-9-18-37-16-7-4-8-17-37/h3,5-6,10-15,20-21,23,36H,1,4,7-9,16-19,22H2,2H3,(H,33,34,35). The fourth-order valence-electron chi connectivity index (χ4n) is 4.82. The van der Waals surface area contributed by atoms with Gasteiger partial charge < -0.3 is 19.7 Å². The van der Waals surface area contributed by atoms with E-state index in [-0.39, 0.29) is 0 Å². The Morgan fingerprint density at radius 1 is 0.950 bits per heavy atom. The maximum atomic E-state index is 6.12. The van der Waals surface area contributed by atoms with Crippen molar-refractivity contribution in [1.82, 2.24) is 20.3 Å². The fraction of sp³-hybridized carbons (Fsp3) is 0.312. The lowest BCUT2D eigenvalue weighted by Crippen LogP contribution is -2.31. The Balaban J connectivity index is 1.19. The van der Waals surface area contributed by atoms with Crippen molar-refractivity contribution in [3.63, 3.8) is 0 Å². The SMILES string of the molecule is C=C(NOCc1ccccc1)c1ccc(Nc2ncnc3cc(OCCCN4CCCCC4)c(OC)cc23)cc1. The molecular weight excluding hydrogens is 502 g/mol. The van der Waals surface area contributed by atoms with Crippen LogP contribution < -0.4 is 20.3 Å². The van der Waals surface area contributed by atoms with Crippen LogP contribution in [-0.4, -0.2) is 48.2 Å². The molecule has 40 heavy (non-hydrogen) atoms. The van der Waals surface area contributed by atoms with Gasteiger partial charge in [0.05, 0.1) is 31.5 Å². The van der Waals surface area contributed by atoms with Crippen LogP contribution in [0.5, 0.6) is 11.5 Å². The lowest BCUT2D eigenvalue weighted by molar-refractivity contribution is 0.0648. The summed E-state index contributed by atoms with van der Waals surface area (Å²) in [5.41, 5.74) is 7.30. The van der Waals surface area contributed by atoms with Gasteiger partial charge in [0, 0.05) is 23.7 Å². The number of fused-ring (bicyclic) bond motifs is 1. The number of likely N-dealkylation sites (tertiary alicyclic amines) is 1. The van der Waals surface area contributed by atoms with E-state index < -0.39 is 0 Å². The molecule has 1 aliphatic rings. The van der Waals surface area contributed by atoms with E-state index in [1.165, 1.54) is 32.4 Å². The maximum absolute atomic E-state index is 6.12. The molecule has 2 heterocycles. The number of nitrogens with zero attached hydrogens (tertiary/aromatic N) is 3. The highest BCUT2D eigenvalue weighted by atomic mass is 16.6. The average Bonchev–Trinajstić information content (AvgIpc) is 3.00. The van der Waals surface area contributed by atoms with Gasteiger partial charge in [0.1, 0.15) is 12.1 Å². The highest BCUT2D eigenvalue weighted by Gasteiger charge is 2.13. The predicted molar refractivity (Wildman–Crippen MR) is 160 cm³/mol. The molecule has 1 fully saturated rings. The van der Waals surface area contributed by atoms with Crippen LogP contribution in [0.1, 0.15) is 36.8 Å². The number of rotatable bonds is 13. The molecule has 0 amide bonds. The molecule has 0 unspecified atom stereocenters. The molecule has 0 aliphatic carbocycles. The molecule has 1 aromatic heterocycles. The van der Waals surface area contributed by atoms with Crippen molar-refractivity contribution in [2.75, 3.05) is 38.7 Å². The molecule has 5 rings (SSSR count). The predicted octanol–water partition coefficient (Wildman–Crippen LogP) is 6.33. The van der Waals surface area contributed by atoms with E-state index in [1.54, 1.807) is 13.4 Å². The first kappa shape index (κ1) is 27.4. The topological polar surface area (TPSA) is 80.8 Å². The van der Waals surface area contributed by atoms with Gasteiger partial charge in [0.15, 0.2) is 11.5 Å². The van der Waals surface area contributed by atoms with Crippen LogP contribution in [0.15, 0.2) is 79.6 Å². The Kier molecular flexibility index (Phi) is 9.45. The summed E-state index contributed by atoms with van der Waals surface area (Å²) in [6.07, 6.45) is 6.49. The molecule has 0 radical (unpaired) electrons. The van der Waals surface area contributed by atoms with Crippen molar-refractivity contribution >= 4 is 28.1 Å². The van der Waals surface area contributed by atoms with Crippen LogP contribution in [0, 0.1) is 0 Å². The van der Waals surface area contributed by atoms with E-state index in [4.69, 9.17) is 14.3 Å². The second-order valence-electron chi connectivity index (χ2n) is 9.90. The number of anilines is 2. The summed E-state index contributed by atoms with van der Waals surface area (Å²) < 4.78 is 11.8. The number of ether oxygens (including phenoxy) is 2. The summed E-state index contributed by atoms with van der Waals surface area (Å²) in [5.74, 6) is 2.05. The van der Waals surface area contributed by atoms with E-state index in [1.807, 2.05) is 66.7 Å². The summed E-state index contributed by atoms with van der Waals surface area (Å²) in [6, 6.07) is 21.8. The number of methoxy groups -OCH3 is 1. The Bertz CT molecular complexity index is 1390. The third kappa shape index (κ3) is 7.28. The first-order chi connectivity index (χ1) is 19.7. The van der Waals surface area contributed by atoms with Crippen LogP contribution in [0.3, 0.4) is 0 Å². The second kappa shape index (κ2) is 13.8. The van der Waals surface area contributed by atoms with Gasteiger partial charge in [-0.15, -0.1) is 0 Å². The summed E-state index contributed by atoms with van der Waals surface area (Å²) in [5, 5.41) is 4.25. The summed E-state index contributed by atoms with van der Waals surface area (Å²) in [7, 11) is 1.65. The van der Waals surface area contributed by atoms with Crippen molar-refractivity contribution in [1.29, 1.82) is 0 Å². The number of benzene rings is 3. The number of hydroxylamine groups is 1. The van der Waals surface area contributed by atoms with Gasteiger partial charge in [0.25, 0.3) is 0 Å². The molecular formula is C32H37N5O3. The summed E-state index contributed by atoms with van der Waals surface area (Å²) in [6.45, 7) is 8.63. The zero-order valence-corrected chi connectivity index (χ0v) is 23.1. The van der Waals surface area contributed by atoms with Gasteiger partial charge in [-0.2, -0.15) is 0 Å². The van der Waals surface area contributed by atoms with Gasteiger partial charge >= 0.3 is 0 Å². The minimum atomic E-state index is 0.453. The number of piperidine rings is 1. The lowest BCUT2D eigenvalue weighted by atomic mass is 10.1. The van der Waals surface area contributed by atoms with E-state index in [0.717, 1.165) is 40.7 Å². The third-order valence-electron chi connectivity index (χ3n) is 7.02. The fourth-order valence-corrected chi connectivity index (χ4v) is 4.82. The van der Waals surface area contributed by atoms with E-state index in [9.17, 15) is 0 Å². The maximum Gasteiger partial charge on any atom is 0.163 e. The third-order valence-corrected chi connectivity index (χ3v) is 7.02. The van der Waals surface area contributed by atoms with Gasteiger partial charge in [-0.3, -0.25) is 10.3 Å². The molecule has 4 aromatic rings. The highest BCUT2D eigenvalue weighted by molar-refractivity contribution is 5.93. The van der Waals surface area contributed by atoms with Gasteiger partial charge in [-0.25, -0.2) is 9.97 Å². The largest absolute Gasteiger partial charge is 0.493 e. The quantitative estimate of drug-likeness (QED) is 0.151. The molecule has 208 valence electrons. The molecule has 0 saturated carbocycles. The van der Waals surface area contributed by atoms with Gasteiger partial charge in [0.2, 0.25) is 0 Å². The zero-order valence-electron chi connectivity index (χ0n) is 23.1. The summed E-state index contributed by atoms with van der Waals surface area (Å²) >= 11 is 0. The average molecular weight is 540 g/mol. The number of aromatic nitrogens is 2. The molecule has 0 spiro atoms. The number of nitrogens with one attached hydrogen (secondary N) is 2. The van der Waals surface area contributed by atoms with Gasteiger partial charge in [-0.05, 0) is 61.7 Å². The monoisotopic (exact) mass is 539 g/mol. The number of hydrogen-bond donors (Lipinski definition) is 2. The first-order valence-corrected chi connectivity index (χ1v) is 13.9. The van der Waals surface area contributed by atoms with Crippen molar-refractivity contribution in [2.45, 2.75) is 32.3 Å². The van der Waals surface area contributed by atoms with E-state index in [2.05, 4.69) is 32.2 Å². The molecule has 1 saturated heterocycles. The molecule has 0 bridgehead atoms. The van der Waals surface area contributed by atoms with Crippen LogP contribution >= 0.6 is 0 Å². The van der Waals surface area contributed by atoms with Crippen LogP contribution in [0.25, 0.3) is 16.6 Å². The van der Waals surface area contributed by atoms with Crippen molar-refractivity contribution in [2.24, 2.45) is 0 Å². The Hall–Kier alpha value is -4.14. The first-order valence-electron chi connectivity index (χ1n) is 13.9. The smallest absolute Gasteiger partial charge is 0.163 e. The number of hydrogen-bond acceptors (Lipinski definition) is 8. The van der Waals surface area contributed by atoms with Crippen molar-refractivity contribution < 1.29 is 14.3 Å². The van der Waals surface area contributed by atoms with Crippen molar-refractivity contribution in [3.8, 4) is 11.5 Å². The molecule has 1 aliphatic heterocycles. The van der Waals surface area contributed by atoms with Crippen LogP contribution in [-0.2, 0) is 11.4 Å². The molecule has 8 nitrogen and oxygen atoms in total. The second-order valence-corrected chi connectivity index (χ2v) is 9.90. The van der Waals surface area contributed by atoms with E-state index in [0.29, 0.717) is 36.2 Å². The Morgan fingerprint density at radius 3 is 2.52 bits per heavy atom. The molecule has 3 aromatic carbocycles.